The number of amidine groups is 2. The summed E-state index contributed by atoms with van der Waals surface area (Å²) in [5.41, 5.74) is -4.86. The third kappa shape index (κ3) is 3.50. The molecule has 2 aromatic rings. The number of hydrogen-bond donors (Lipinski definition) is 1. The molecule has 2 aliphatic heterocycles. The lowest BCUT2D eigenvalue weighted by Crippen LogP contribution is -2.53. The Morgan fingerprint density at radius 3 is 1.68 bits per heavy atom. The second-order valence-electron chi connectivity index (χ2n) is 11.7. The summed E-state index contributed by atoms with van der Waals surface area (Å²) in [7, 11) is 0. The molecule has 0 saturated heterocycles. The molecule has 0 fully saturated rings. The number of nitrogens with one attached hydrogen (secondary N) is 1. The lowest BCUT2D eigenvalue weighted by atomic mass is 9.84. The van der Waals surface area contributed by atoms with Gasteiger partial charge in [0, 0.05) is 16.6 Å². The standard InChI is InChI=1S/C25H32N6O6/c1-22(2)23(3,4)29(35)19(28(22)34)16-11-9-15(10-12-16)13-27-14-17(18(32)26-21(27)33)20-30(36)24(5,6)25(7,8)31(20)37/h9-12,14H,13H2,1-8H3,(H,26,32,33). The number of nitrogens with zero attached hydrogens (tertiary/aromatic N) is 5. The van der Waals surface area contributed by atoms with Gasteiger partial charge in [-0.25, -0.2) is 4.79 Å². The van der Waals surface area contributed by atoms with Crippen LogP contribution in [-0.4, -0.2) is 63.0 Å². The molecule has 1 N–H and O–H groups in total. The molecule has 0 aliphatic carbocycles. The fourth-order valence-corrected chi connectivity index (χ4v) is 4.41. The number of aromatic nitrogens is 2. The molecule has 12 heteroatoms. The van der Waals surface area contributed by atoms with Crippen LogP contribution >= 0.6 is 0 Å². The van der Waals surface area contributed by atoms with Gasteiger partial charge in [-0.3, -0.25) is 23.8 Å². The number of hydroxylamine groups is 6. The molecule has 0 atom stereocenters. The summed E-state index contributed by atoms with van der Waals surface area (Å²) in [6, 6.07) is 6.55. The third-order valence-electron chi connectivity index (χ3n) is 8.61. The Morgan fingerprint density at radius 2 is 1.24 bits per heavy atom. The van der Waals surface area contributed by atoms with Crippen molar-refractivity contribution >= 4 is 11.7 Å². The zero-order valence-electron chi connectivity index (χ0n) is 22.3. The largest absolute Gasteiger partial charge is 0.714 e. The first-order valence-corrected chi connectivity index (χ1v) is 11.9. The van der Waals surface area contributed by atoms with Crippen LogP contribution in [-0.2, 0) is 17.0 Å². The molecule has 2 aliphatic rings. The zero-order chi connectivity index (χ0) is 27.9. The van der Waals surface area contributed by atoms with E-state index in [1.54, 1.807) is 79.7 Å². The van der Waals surface area contributed by atoms with Crippen LogP contribution in [0.3, 0.4) is 0 Å². The molecule has 0 saturated carbocycles. The molecule has 0 bridgehead atoms. The maximum absolute atomic E-state index is 13.0. The quantitative estimate of drug-likeness (QED) is 0.484. The van der Waals surface area contributed by atoms with E-state index in [1.165, 1.54) is 10.8 Å². The second-order valence-corrected chi connectivity index (χ2v) is 11.7. The monoisotopic (exact) mass is 512 g/mol. The summed E-state index contributed by atoms with van der Waals surface area (Å²) < 4.78 is 2.42. The highest BCUT2D eigenvalue weighted by atomic mass is 16.5. The minimum atomic E-state index is -1.13. The summed E-state index contributed by atoms with van der Waals surface area (Å²) in [6.45, 7) is 13.3. The summed E-state index contributed by atoms with van der Waals surface area (Å²) in [5, 5.41) is 53.1. The zero-order valence-corrected chi connectivity index (χ0v) is 22.3. The molecule has 2 radical (unpaired) electrons. The SMILES string of the molecule is CC1(C)N([O])C(c2ccc(Cn3cc(C4=[N+]([O-])C(C)(C)C(C)(C)N4[O])c(=O)[nH]c3=O)cc2)=[N+]([O-])C1(C)C. The van der Waals surface area contributed by atoms with E-state index in [9.17, 15) is 30.4 Å². The van der Waals surface area contributed by atoms with Crippen LogP contribution in [0.15, 0.2) is 40.1 Å². The van der Waals surface area contributed by atoms with Gasteiger partial charge in [0.1, 0.15) is 16.6 Å². The van der Waals surface area contributed by atoms with Gasteiger partial charge in [-0.05, 0) is 73.1 Å². The van der Waals surface area contributed by atoms with Gasteiger partial charge < -0.3 is 10.4 Å². The fraction of sp³-hybridized carbons (Fsp3) is 0.520. The van der Waals surface area contributed by atoms with Gasteiger partial charge in [-0.1, -0.05) is 22.3 Å². The molecular formula is C25H32N6O6. The van der Waals surface area contributed by atoms with Crippen molar-refractivity contribution in [3.63, 3.8) is 0 Å². The Morgan fingerprint density at radius 1 is 0.784 bits per heavy atom. The van der Waals surface area contributed by atoms with Crippen molar-refractivity contribution in [2.75, 3.05) is 0 Å². The van der Waals surface area contributed by atoms with Gasteiger partial charge in [0.25, 0.3) is 5.56 Å². The number of H-pyrrole nitrogens is 1. The lowest BCUT2D eigenvalue weighted by molar-refractivity contribution is -0.539. The van der Waals surface area contributed by atoms with Crippen LogP contribution in [0.1, 0.15) is 72.1 Å². The minimum absolute atomic E-state index is 0.000943. The van der Waals surface area contributed by atoms with Crippen molar-refractivity contribution in [3.8, 4) is 0 Å². The molecule has 0 unspecified atom stereocenters. The van der Waals surface area contributed by atoms with Crippen LogP contribution < -0.4 is 11.2 Å². The first kappa shape index (κ1) is 26.4. The van der Waals surface area contributed by atoms with Crippen molar-refractivity contribution < 1.29 is 19.9 Å². The van der Waals surface area contributed by atoms with Gasteiger partial charge in [-0.2, -0.15) is 0 Å². The smallest absolute Gasteiger partial charge is 0.328 e. The van der Waals surface area contributed by atoms with E-state index >= 15 is 0 Å². The predicted octanol–water partition coefficient (Wildman–Crippen LogP) is 1.54. The average Bonchev–Trinajstić information content (AvgIpc) is 3.00. The van der Waals surface area contributed by atoms with E-state index in [0.29, 0.717) is 20.9 Å². The third-order valence-corrected chi connectivity index (χ3v) is 8.61. The topological polar surface area (TPSA) is 153 Å². The Hall–Kier alpha value is -3.64. The van der Waals surface area contributed by atoms with Crippen molar-refractivity contribution in [3.05, 3.63) is 78.4 Å². The summed E-state index contributed by atoms with van der Waals surface area (Å²) in [6.07, 6.45) is 1.20. The lowest BCUT2D eigenvalue weighted by Gasteiger charge is -2.32. The number of rotatable bonds is 4. The fourth-order valence-electron chi connectivity index (χ4n) is 4.41. The molecule has 198 valence electrons. The molecule has 37 heavy (non-hydrogen) atoms. The maximum Gasteiger partial charge on any atom is 0.328 e. The average molecular weight is 513 g/mol. The van der Waals surface area contributed by atoms with Crippen LogP contribution in [0.2, 0.25) is 0 Å². The number of aromatic amines is 1. The van der Waals surface area contributed by atoms with Gasteiger partial charge in [0.2, 0.25) is 0 Å². The van der Waals surface area contributed by atoms with Crippen molar-refractivity contribution in [2.24, 2.45) is 0 Å². The van der Waals surface area contributed by atoms with E-state index in [0.717, 1.165) is 9.80 Å². The Balaban J connectivity index is 1.70. The van der Waals surface area contributed by atoms with Crippen LogP contribution in [0, 0.1) is 10.4 Å². The first-order valence-electron chi connectivity index (χ1n) is 11.9. The van der Waals surface area contributed by atoms with Gasteiger partial charge in [0.15, 0.2) is 11.1 Å². The van der Waals surface area contributed by atoms with E-state index in [4.69, 9.17) is 0 Å². The van der Waals surface area contributed by atoms with E-state index in [2.05, 4.69) is 4.98 Å². The molecule has 3 heterocycles. The Kier molecular flexibility index (Phi) is 5.66. The molecule has 1 aromatic carbocycles. The summed E-state index contributed by atoms with van der Waals surface area (Å²) in [4.78, 5) is 27.3. The van der Waals surface area contributed by atoms with Gasteiger partial charge >= 0.3 is 17.4 Å². The normalized spacial score (nSPS) is 21.8. The molecule has 4 rings (SSSR count). The van der Waals surface area contributed by atoms with Crippen molar-refractivity contribution in [2.45, 2.75) is 84.1 Å². The van der Waals surface area contributed by atoms with Crippen LogP contribution in [0.4, 0.5) is 0 Å². The number of benzene rings is 1. The highest BCUT2D eigenvalue weighted by molar-refractivity contribution is 5.96. The maximum atomic E-state index is 13.0. The highest BCUT2D eigenvalue weighted by Crippen LogP contribution is 2.38. The van der Waals surface area contributed by atoms with Crippen LogP contribution in [0.25, 0.3) is 0 Å². The van der Waals surface area contributed by atoms with Gasteiger partial charge in [-0.15, -0.1) is 0 Å². The summed E-state index contributed by atoms with van der Waals surface area (Å²) >= 11 is 0. The van der Waals surface area contributed by atoms with Gasteiger partial charge in [0.05, 0.1) is 12.1 Å². The highest BCUT2D eigenvalue weighted by Gasteiger charge is 2.61. The molecular weight excluding hydrogens is 480 g/mol. The van der Waals surface area contributed by atoms with Crippen molar-refractivity contribution in [1.82, 2.24) is 19.7 Å². The predicted molar refractivity (Wildman–Crippen MR) is 134 cm³/mol. The Labute approximate surface area is 214 Å². The molecule has 12 nitrogen and oxygen atoms in total. The molecule has 1 aromatic heterocycles. The minimum Gasteiger partial charge on any atom is -0.714 e. The molecule has 0 spiro atoms. The molecule has 0 amide bonds. The second kappa shape index (κ2) is 7.93. The summed E-state index contributed by atoms with van der Waals surface area (Å²) in [5.74, 6) is -0.367. The van der Waals surface area contributed by atoms with Crippen molar-refractivity contribution in [1.29, 1.82) is 0 Å². The van der Waals surface area contributed by atoms with E-state index in [-0.39, 0.29) is 23.8 Å². The number of hydrogen-bond acceptors (Lipinski definition) is 6. The van der Waals surface area contributed by atoms with Crippen LogP contribution in [0.5, 0.6) is 0 Å². The van der Waals surface area contributed by atoms with E-state index in [1.807, 2.05) is 0 Å². The van der Waals surface area contributed by atoms with E-state index < -0.39 is 33.4 Å². The first-order chi connectivity index (χ1) is 16.9. The Bertz CT molecular complexity index is 1450.